The molecule has 0 aliphatic rings. The molecule has 17 heavy (non-hydrogen) atoms. The zero-order valence-electron chi connectivity index (χ0n) is 9.94. The lowest BCUT2D eigenvalue weighted by Crippen LogP contribution is -1.87. The van der Waals surface area contributed by atoms with Gasteiger partial charge < -0.3 is 0 Å². The average Bonchev–Trinajstić information content (AvgIpc) is 2.38. The number of allylic oxidation sites excluding steroid dienone is 2. The number of hydrogen-bond donors (Lipinski definition) is 0. The van der Waals surface area contributed by atoms with Gasteiger partial charge in [0.2, 0.25) is 0 Å². The monoisotopic (exact) mass is 287 g/mol. The quantitative estimate of drug-likeness (QED) is 0.774. The fourth-order valence-corrected chi connectivity index (χ4v) is 2.14. The molecular weight excluding hydrogens is 274 g/mol. The molecule has 0 amide bonds. The van der Waals surface area contributed by atoms with E-state index in [0.717, 1.165) is 4.47 Å². The van der Waals surface area contributed by atoms with Gasteiger partial charge in [-0.15, -0.1) is 0 Å². The normalized spacial score (nSPS) is 12.2. The largest absolute Gasteiger partial charge is 0.264 e. The third-order valence-electron chi connectivity index (χ3n) is 2.91. The van der Waals surface area contributed by atoms with Crippen molar-refractivity contribution in [3.63, 3.8) is 0 Å². The number of halogens is 1. The van der Waals surface area contributed by atoms with Crippen molar-refractivity contribution in [2.75, 3.05) is 0 Å². The molecule has 0 bridgehead atoms. The Morgan fingerprint density at radius 1 is 1.00 bits per heavy atom. The standard InChI is InChI=1S/C15H14BrN/c1-11(13-5-3-7-15(16)9-13)12(2)14-6-4-8-17-10-14/h3-10H,1-2H3/b12-11+. The molecule has 0 radical (unpaired) electrons. The average molecular weight is 288 g/mol. The lowest BCUT2D eigenvalue weighted by molar-refractivity contribution is 1.30. The second kappa shape index (κ2) is 5.28. The summed E-state index contributed by atoms with van der Waals surface area (Å²) in [6.07, 6.45) is 3.70. The fraction of sp³-hybridized carbons (Fsp3) is 0.133. The number of hydrogen-bond acceptors (Lipinski definition) is 1. The van der Waals surface area contributed by atoms with Crippen LogP contribution < -0.4 is 0 Å². The summed E-state index contributed by atoms with van der Waals surface area (Å²) in [5.74, 6) is 0. The molecule has 0 atom stereocenters. The number of rotatable bonds is 2. The van der Waals surface area contributed by atoms with E-state index < -0.39 is 0 Å². The number of nitrogens with zero attached hydrogens (tertiary/aromatic N) is 1. The summed E-state index contributed by atoms with van der Waals surface area (Å²) < 4.78 is 1.10. The third-order valence-corrected chi connectivity index (χ3v) is 3.41. The number of benzene rings is 1. The highest BCUT2D eigenvalue weighted by atomic mass is 79.9. The molecule has 2 aromatic rings. The van der Waals surface area contributed by atoms with Crippen LogP contribution in [0.2, 0.25) is 0 Å². The van der Waals surface area contributed by atoms with Gasteiger partial charge in [-0.2, -0.15) is 0 Å². The van der Waals surface area contributed by atoms with Crippen LogP contribution in [0.1, 0.15) is 25.0 Å². The first-order chi connectivity index (χ1) is 8.18. The molecule has 0 unspecified atom stereocenters. The predicted octanol–water partition coefficient (Wildman–Crippen LogP) is 4.79. The lowest BCUT2D eigenvalue weighted by atomic mass is 9.98. The molecule has 2 heteroatoms. The SMILES string of the molecule is C/C(=C(/C)c1cccc(Br)c1)c1cccnc1. The Kier molecular flexibility index (Phi) is 3.75. The van der Waals surface area contributed by atoms with Crippen molar-refractivity contribution in [2.24, 2.45) is 0 Å². The van der Waals surface area contributed by atoms with Crippen LogP contribution in [0.3, 0.4) is 0 Å². The molecule has 0 aliphatic heterocycles. The fourth-order valence-electron chi connectivity index (χ4n) is 1.74. The first-order valence-electron chi connectivity index (χ1n) is 5.52. The summed E-state index contributed by atoms with van der Waals surface area (Å²) >= 11 is 3.50. The van der Waals surface area contributed by atoms with E-state index in [2.05, 4.69) is 59.0 Å². The minimum Gasteiger partial charge on any atom is -0.264 e. The van der Waals surface area contributed by atoms with Crippen LogP contribution in [0.4, 0.5) is 0 Å². The molecule has 1 heterocycles. The van der Waals surface area contributed by atoms with Crippen molar-refractivity contribution in [3.8, 4) is 0 Å². The molecule has 0 saturated carbocycles. The molecule has 1 nitrogen and oxygen atoms in total. The van der Waals surface area contributed by atoms with Gasteiger partial charge >= 0.3 is 0 Å². The smallest absolute Gasteiger partial charge is 0.0343 e. The number of pyridine rings is 1. The van der Waals surface area contributed by atoms with Gasteiger partial charge in [0.25, 0.3) is 0 Å². The van der Waals surface area contributed by atoms with E-state index >= 15 is 0 Å². The number of aromatic nitrogens is 1. The van der Waals surface area contributed by atoms with E-state index in [0.29, 0.717) is 0 Å². The van der Waals surface area contributed by atoms with Crippen LogP contribution >= 0.6 is 15.9 Å². The predicted molar refractivity (Wildman–Crippen MR) is 76.5 cm³/mol. The summed E-state index contributed by atoms with van der Waals surface area (Å²) in [5, 5.41) is 0. The molecule has 0 fully saturated rings. The van der Waals surface area contributed by atoms with Gasteiger partial charge in [-0.3, -0.25) is 4.98 Å². The van der Waals surface area contributed by atoms with Gasteiger partial charge in [0.1, 0.15) is 0 Å². The highest BCUT2D eigenvalue weighted by Gasteiger charge is 2.03. The van der Waals surface area contributed by atoms with Gasteiger partial charge in [0.15, 0.2) is 0 Å². The van der Waals surface area contributed by atoms with E-state index in [-0.39, 0.29) is 0 Å². The van der Waals surface area contributed by atoms with Crippen molar-refractivity contribution in [1.29, 1.82) is 0 Å². The van der Waals surface area contributed by atoms with Crippen molar-refractivity contribution >= 4 is 27.1 Å². The van der Waals surface area contributed by atoms with Crippen LogP contribution in [0.15, 0.2) is 53.3 Å². The first kappa shape index (κ1) is 12.1. The Bertz CT molecular complexity index is 544. The highest BCUT2D eigenvalue weighted by Crippen LogP contribution is 2.26. The van der Waals surface area contributed by atoms with Crippen LogP contribution in [-0.4, -0.2) is 4.98 Å². The molecule has 1 aromatic heterocycles. The maximum Gasteiger partial charge on any atom is 0.0343 e. The molecule has 0 saturated heterocycles. The Morgan fingerprint density at radius 2 is 1.71 bits per heavy atom. The molecule has 0 spiro atoms. The van der Waals surface area contributed by atoms with Crippen LogP contribution in [0, 0.1) is 0 Å². The Balaban J connectivity index is 2.45. The minimum atomic E-state index is 1.10. The topological polar surface area (TPSA) is 12.9 Å². The van der Waals surface area contributed by atoms with Crippen molar-refractivity contribution < 1.29 is 0 Å². The Labute approximate surface area is 110 Å². The zero-order chi connectivity index (χ0) is 12.3. The molecule has 0 N–H and O–H groups in total. The zero-order valence-corrected chi connectivity index (χ0v) is 11.5. The van der Waals surface area contributed by atoms with E-state index in [1.54, 1.807) is 6.20 Å². The summed E-state index contributed by atoms with van der Waals surface area (Å²) in [7, 11) is 0. The van der Waals surface area contributed by atoms with Crippen molar-refractivity contribution in [2.45, 2.75) is 13.8 Å². The summed E-state index contributed by atoms with van der Waals surface area (Å²) in [4.78, 5) is 4.16. The van der Waals surface area contributed by atoms with Crippen molar-refractivity contribution in [3.05, 3.63) is 64.4 Å². The molecule has 86 valence electrons. The molecule has 2 rings (SSSR count). The second-order valence-corrected chi connectivity index (χ2v) is 4.92. The first-order valence-corrected chi connectivity index (χ1v) is 6.31. The second-order valence-electron chi connectivity index (χ2n) is 4.00. The van der Waals surface area contributed by atoms with E-state index in [1.165, 1.54) is 22.3 Å². The van der Waals surface area contributed by atoms with Gasteiger partial charge in [-0.25, -0.2) is 0 Å². The molecule has 1 aromatic carbocycles. The van der Waals surface area contributed by atoms with Crippen molar-refractivity contribution in [1.82, 2.24) is 4.98 Å². The van der Waals surface area contributed by atoms with Gasteiger partial charge in [0, 0.05) is 16.9 Å². The minimum absolute atomic E-state index is 1.10. The van der Waals surface area contributed by atoms with Crippen LogP contribution in [0.25, 0.3) is 11.1 Å². The Morgan fingerprint density at radius 3 is 2.35 bits per heavy atom. The highest BCUT2D eigenvalue weighted by molar-refractivity contribution is 9.10. The van der Waals surface area contributed by atoms with Gasteiger partial charge in [-0.1, -0.05) is 34.1 Å². The van der Waals surface area contributed by atoms with Gasteiger partial charge in [-0.05, 0) is 54.3 Å². The van der Waals surface area contributed by atoms with Crippen LogP contribution in [-0.2, 0) is 0 Å². The van der Waals surface area contributed by atoms with Crippen LogP contribution in [0.5, 0.6) is 0 Å². The summed E-state index contributed by atoms with van der Waals surface area (Å²) in [6, 6.07) is 12.4. The maximum atomic E-state index is 4.16. The van der Waals surface area contributed by atoms with E-state index in [9.17, 15) is 0 Å². The molecule has 0 aliphatic carbocycles. The maximum absolute atomic E-state index is 4.16. The Hall–Kier alpha value is -1.41. The van der Waals surface area contributed by atoms with E-state index in [1.807, 2.05) is 18.3 Å². The lowest BCUT2D eigenvalue weighted by Gasteiger charge is -2.08. The third kappa shape index (κ3) is 2.83. The van der Waals surface area contributed by atoms with E-state index in [4.69, 9.17) is 0 Å². The summed E-state index contributed by atoms with van der Waals surface area (Å²) in [5.41, 5.74) is 4.95. The summed E-state index contributed by atoms with van der Waals surface area (Å²) in [6.45, 7) is 4.28. The molecular formula is C15H14BrN. The van der Waals surface area contributed by atoms with Gasteiger partial charge in [0.05, 0.1) is 0 Å².